The molecule has 8 heteroatoms. The number of fused-ring (bicyclic) bond motifs is 2. The summed E-state index contributed by atoms with van der Waals surface area (Å²) in [6, 6.07) is 7.70. The van der Waals surface area contributed by atoms with Crippen molar-refractivity contribution in [2.75, 3.05) is 0 Å². The third kappa shape index (κ3) is 3.11. The van der Waals surface area contributed by atoms with Crippen LogP contribution >= 0.6 is 0 Å². The molecule has 0 saturated heterocycles. The third-order valence-electron chi connectivity index (χ3n) is 4.70. The smallest absolute Gasteiger partial charge is 0.252 e. The second-order valence-corrected chi connectivity index (χ2v) is 7.40. The highest BCUT2D eigenvalue weighted by atomic mass is 16.1. The fraction of sp³-hybridized carbons (Fsp3) is 0.350. The predicted molar refractivity (Wildman–Crippen MR) is 106 cm³/mol. The number of carbonyl (C=O) groups excluding carboxylic acids is 1. The highest BCUT2D eigenvalue weighted by Crippen LogP contribution is 2.24. The summed E-state index contributed by atoms with van der Waals surface area (Å²) in [5.74, 6) is 0.702. The van der Waals surface area contributed by atoms with Gasteiger partial charge in [0.25, 0.3) is 5.91 Å². The molecule has 28 heavy (non-hydrogen) atoms. The minimum Gasteiger partial charge on any atom is -0.345 e. The first-order valence-electron chi connectivity index (χ1n) is 9.40. The molecule has 0 saturated carbocycles. The molecule has 0 spiro atoms. The zero-order chi connectivity index (χ0) is 19.8. The van der Waals surface area contributed by atoms with Gasteiger partial charge in [0.05, 0.1) is 23.7 Å². The monoisotopic (exact) mass is 377 g/mol. The number of carbonyl (C=O) groups is 1. The Kier molecular flexibility index (Phi) is 4.54. The Morgan fingerprint density at radius 3 is 2.75 bits per heavy atom. The van der Waals surface area contributed by atoms with E-state index < -0.39 is 0 Å². The summed E-state index contributed by atoms with van der Waals surface area (Å²) in [7, 11) is 0. The molecule has 4 heterocycles. The molecule has 4 aromatic heterocycles. The minimum atomic E-state index is -0.176. The molecule has 0 aromatic carbocycles. The van der Waals surface area contributed by atoms with E-state index in [-0.39, 0.29) is 24.4 Å². The molecule has 0 atom stereocenters. The van der Waals surface area contributed by atoms with Gasteiger partial charge in [0.15, 0.2) is 17.1 Å². The number of hydrogen-bond acceptors (Lipinski definition) is 5. The fourth-order valence-corrected chi connectivity index (χ4v) is 3.16. The van der Waals surface area contributed by atoms with Crippen molar-refractivity contribution in [1.29, 1.82) is 0 Å². The zero-order valence-electron chi connectivity index (χ0n) is 16.4. The molecule has 144 valence electrons. The lowest BCUT2D eigenvalue weighted by molar-refractivity contribution is 0.0951. The number of hydrogen-bond donors (Lipinski definition) is 1. The molecule has 0 aliphatic carbocycles. The van der Waals surface area contributed by atoms with Crippen LogP contribution in [0.4, 0.5) is 0 Å². The molecule has 1 N–H and O–H groups in total. The average Bonchev–Trinajstić information content (AvgIpc) is 3.29. The van der Waals surface area contributed by atoms with E-state index in [2.05, 4.69) is 34.5 Å². The van der Waals surface area contributed by atoms with Crippen molar-refractivity contribution in [3.8, 4) is 0 Å². The summed E-state index contributed by atoms with van der Waals surface area (Å²) < 4.78 is 3.71. The summed E-state index contributed by atoms with van der Waals surface area (Å²) in [6.45, 7) is 8.50. The first-order valence-corrected chi connectivity index (χ1v) is 9.40. The quantitative estimate of drug-likeness (QED) is 0.577. The number of nitrogens with zero attached hydrogens (tertiary/aromatic N) is 6. The van der Waals surface area contributed by atoms with Crippen molar-refractivity contribution in [3.05, 3.63) is 53.7 Å². The summed E-state index contributed by atoms with van der Waals surface area (Å²) in [4.78, 5) is 17.8. The van der Waals surface area contributed by atoms with Crippen LogP contribution in [-0.4, -0.2) is 35.3 Å². The lowest BCUT2D eigenvalue weighted by Crippen LogP contribution is -2.24. The number of nitrogens with one attached hydrogen (secondary N) is 1. The van der Waals surface area contributed by atoms with Crippen LogP contribution in [0, 0.1) is 0 Å². The molecule has 0 fully saturated rings. The highest BCUT2D eigenvalue weighted by molar-refractivity contribution is 6.05. The van der Waals surface area contributed by atoms with Crippen molar-refractivity contribution in [1.82, 2.24) is 34.7 Å². The van der Waals surface area contributed by atoms with E-state index in [1.807, 2.05) is 53.4 Å². The fourth-order valence-electron chi connectivity index (χ4n) is 3.16. The van der Waals surface area contributed by atoms with Crippen LogP contribution < -0.4 is 5.32 Å². The van der Waals surface area contributed by atoms with E-state index in [0.717, 1.165) is 22.4 Å². The van der Waals surface area contributed by atoms with Gasteiger partial charge in [-0.15, -0.1) is 10.2 Å². The van der Waals surface area contributed by atoms with Crippen LogP contribution in [-0.2, 0) is 6.54 Å². The zero-order valence-corrected chi connectivity index (χ0v) is 16.4. The second-order valence-electron chi connectivity index (χ2n) is 7.40. The molecule has 0 radical (unpaired) electrons. The van der Waals surface area contributed by atoms with Gasteiger partial charge >= 0.3 is 0 Å². The Balaban J connectivity index is 1.68. The molecular weight excluding hydrogens is 354 g/mol. The number of rotatable bonds is 5. The first kappa shape index (κ1) is 18.1. The number of amides is 1. The maximum Gasteiger partial charge on any atom is 0.252 e. The number of pyridine rings is 2. The Morgan fingerprint density at radius 1 is 1.18 bits per heavy atom. The van der Waals surface area contributed by atoms with Gasteiger partial charge in [-0.25, -0.2) is 9.67 Å². The van der Waals surface area contributed by atoms with Crippen molar-refractivity contribution in [3.63, 3.8) is 0 Å². The molecule has 8 nitrogen and oxygen atoms in total. The molecule has 4 aromatic rings. The van der Waals surface area contributed by atoms with Crippen molar-refractivity contribution >= 4 is 22.6 Å². The van der Waals surface area contributed by atoms with E-state index in [9.17, 15) is 4.79 Å². The molecular formula is C20H23N7O. The van der Waals surface area contributed by atoms with Gasteiger partial charge in [-0.2, -0.15) is 5.10 Å². The Bertz CT molecular complexity index is 1160. The lowest BCUT2D eigenvalue weighted by Gasteiger charge is -2.12. The van der Waals surface area contributed by atoms with Crippen molar-refractivity contribution in [2.45, 2.75) is 46.2 Å². The molecule has 0 unspecified atom stereocenters. The maximum absolute atomic E-state index is 13.0. The topological polar surface area (TPSA) is 90.0 Å². The van der Waals surface area contributed by atoms with E-state index in [1.165, 1.54) is 0 Å². The average molecular weight is 377 g/mol. The Morgan fingerprint density at radius 2 is 2.00 bits per heavy atom. The normalized spacial score (nSPS) is 11.8. The largest absolute Gasteiger partial charge is 0.345 e. The standard InChI is InChI=1S/C20H23N7O/c1-12(2)16-9-14(15-10-22-27(13(3)4)19(15)23-16)20(28)21-11-18-25-24-17-7-5-6-8-26(17)18/h5-10,12-13H,11H2,1-4H3,(H,21,28). The van der Waals surface area contributed by atoms with Gasteiger partial charge in [-0.3, -0.25) is 9.20 Å². The van der Waals surface area contributed by atoms with Crippen molar-refractivity contribution in [2.24, 2.45) is 0 Å². The van der Waals surface area contributed by atoms with E-state index in [0.29, 0.717) is 11.4 Å². The summed E-state index contributed by atoms with van der Waals surface area (Å²) in [5.41, 5.74) is 2.93. The van der Waals surface area contributed by atoms with Crippen LogP contribution in [0.5, 0.6) is 0 Å². The highest BCUT2D eigenvalue weighted by Gasteiger charge is 2.19. The van der Waals surface area contributed by atoms with Gasteiger partial charge in [0.1, 0.15) is 0 Å². The third-order valence-corrected chi connectivity index (χ3v) is 4.70. The van der Waals surface area contributed by atoms with Crippen LogP contribution in [0.2, 0.25) is 0 Å². The summed E-state index contributed by atoms with van der Waals surface area (Å²) in [6.07, 6.45) is 3.60. The molecule has 1 amide bonds. The van der Waals surface area contributed by atoms with Crippen LogP contribution in [0.15, 0.2) is 36.7 Å². The summed E-state index contributed by atoms with van der Waals surface area (Å²) in [5, 5.41) is 16.4. The van der Waals surface area contributed by atoms with Gasteiger partial charge in [-0.1, -0.05) is 19.9 Å². The molecule has 0 aliphatic rings. The van der Waals surface area contributed by atoms with E-state index in [1.54, 1.807) is 6.20 Å². The SMILES string of the molecule is CC(C)c1cc(C(=O)NCc2nnc3ccccn23)c2cnn(C(C)C)c2n1. The Labute approximate surface area is 162 Å². The first-order chi connectivity index (χ1) is 13.5. The predicted octanol–water partition coefficient (Wildman–Crippen LogP) is 3.11. The maximum atomic E-state index is 13.0. The summed E-state index contributed by atoms with van der Waals surface area (Å²) >= 11 is 0. The van der Waals surface area contributed by atoms with Crippen LogP contribution in [0.1, 0.15) is 61.5 Å². The van der Waals surface area contributed by atoms with Crippen LogP contribution in [0.3, 0.4) is 0 Å². The second kappa shape index (κ2) is 7.03. The molecule has 4 rings (SSSR count). The lowest BCUT2D eigenvalue weighted by atomic mass is 10.0. The van der Waals surface area contributed by atoms with Gasteiger partial charge in [0, 0.05) is 17.9 Å². The van der Waals surface area contributed by atoms with E-state index >= 15 is 0 Å². The molecule has 0 aliphatic heterocycles. The Hall–Kier alpha value is -3.29. The molecule has 0 bridgehead atoms. The van der Waals surface area contributed by atoms with Gasteiger partial charge in [-0.05, 0) is 38.0 Å². The van der Waals surface area contributed by atoms with Gasteiger partial charge < -0.3 is 5.32 Å². The van der Waals surface area contributed by atoms with Crippen molar-refractivity contribution < 1.29 is 4.79 Å². The number of aromatic nitrogens is 6. The van der Waals surface area contributed by atoms with Crippen LogP contribution in [0.25, 0.3) is 16.7 Å². The van der Waals surface area contributed by atoms with E-state index in [4.69, 9.17) is 4.98 Å². The van der Waals surface area contributed by atoms with Gasteiger partial charge in [0.2, 0.25) is 0 Å². The minimum absolute atomic E-state index is 0.158.